The van der Waals surface area contributed by atoms with Gasteiger partial charge in [-0.15, -0.1) is 0 Å². The van der Waals surface area contributed by atoms with Crippen LogP contribution in [-0.2, 0) is 20.8 Å². The van der Waals surface area contributed by atoms with Crippen molar-refractivity contribution in [2.45, 2.75) is 46.1 Å². The molecule has 0 amide bonds. The Morgan fingerprint density at radius 3 is 1.81 bits per heavy atom. The van der Waals surface area contributed by atoms with Crippen LogP contribution in [-0.4, -0.2) is 14.9 Å². The molecule has 2 aromatic rings. The molecule has 0 aliphatic rings. The number of halogens is 1. The van der Waals surface area contributed by atoms with E-state index in [1.165, 1.54) is 26.7 Å². The first-order valence-electron chi connectivity index (χ1n) is 9.50. The molecular formula is C23H31BrOSiZn. The fourth-order valence-corrected chi connectivity index (χ4v) is 8.05. The van der Waals surface area contributed by atoms with Gasteiger partial charge in [0, 0.05) is 6.61 Å². The molecule has 0 aliphatic heterocycles. The zero-order chi connectivity index (χ0) is 20.3. The summed E-state index contributed by atoms with van der Waals surface area (Å²) in [6.45, 7) is 12.0. The van der Waals surface area contributed by atoms with Crippen molar-refractivity contribution in [2.24, 2.45) is 5.92 Å². The summed E-state index contributed by atoms with van der Waals surface area (Å²) < 4.78 is 6.89. The summed E-state index contributed by atoms with van der Waals surface area (Å²) in [5.41, 5.74) is 0. The molecule has 2 aromatic carbocycles. The van der Waals surface area contributed by atoms with E-state index >= 15 is 0 Å². The molecule has 0 heterocycles. The second-order valence-electron chi connectivity index (χ2n) is 7.68. The molecule has 142 valence electrons. The first-order valence-corrected chi connectivity index (χ1v) is 18.4. The van der Waals surface area contributed by atoms with E-state index < -0.39 is 8.32 Å². The second-order valence-corrected chi connectivity index (χ2v) is 12.0. The van der Waals surface area contributed by atoms with Crippen LogP contribution < -0.4 is 10.4 Å². The second kappa shape index (κ2) is 12.1. The summed E-state index contributed by atoms with van der Waals surface area (Å²) in [6.07, 6.45) is 6.41. The van der Waals surface area contributed by atoms with Crippen LogP contribution in [0.15, 0.2) is 66.7 Å². The number of benzene rings is 2. The van der Waals surface area contributed by atoms with Crippen molar-refractivity contribution in [1.82, 2.24) is 0 Å². The summed E-state index contributed by atoms with van der Waals surface area (Å²) in [5.74, 6) is 0.363. The maximum atomic E-state index is 6.89. The van der Waals surface area contributed by atoms with Gasteiger partial charge >= 0.3 is 30.0 Å². The summed E-state index contributed by atoms with van der Waals surface area (Å²) in [7, 11) is -2.40. The molecule has 0 unspecified atom stereocenters. The van der Waals surface area contributed by atoms with Gasteiger partial charge in [-0.25, -0.2) is 0 Å². The van der Waals surface area contributed by atoms with Gasteiger partial charge in [-0.3, -0.25) is 6.08 Å². The molecule has 27 heavy (non-hydrogen) atoms. The third kappa shape index (κ3) is 6.49. The van der Waals surface area contributed by atoms with Crippen LogP contribution in [0.1, 0.15) is 41.0 Å². The molecule has 0 saturated heterocycles. The molecule has 2 rings (SSSR count). The normalized spacial score (nSPS) is 13.2. The first-order chi connectivity index (χ1) is 12.9. The van der Waals surface area contributed by atoms with Crippen molar-refractivity contribution in [3.8, 4) is 0 Å². The molecule has 0 N–H and O–H groups in total. The SMILES string of the molecule is CC[C-]=C[C@H](C)CO[Si](c1ccccc1)(c1ccccc1)C(C)(C)C.[Zn+][Br]. The monoisotopic (exact) mass is 494 g/mol. The number of rotatable bonds is 7. The summed E-state index contributed by atoms with van der Waals surface area (Å²) in [5, 5.41) is 2.71. The van der Waals surface area contributed by atoms with Crippen LogP contribution in [0.2, 0.25) is 5.04 Å². The van der Waals surface area contributed by atoms with Crippen molar-refractivity contribution in [3.05, 3.63) is 72.8 Å². The molecular weight excluding hydrogens is 466 g/mol. The van der Waals surface area contributed by atoms with Crippen molar-refractivity contribution >= 4 is 32.3 Å². The van der Waals surface area contributed by atoms with Crippen molar-refractivity contribution in [2.75, 3.05) is 6.61 Å². The molecule has 0 radical (unpaired) electrons. The van der Waals surface area contributed by atoms with Crippen LogP contribution in [0.5, 0.6) is 0 Å². The third-order valence-corrected chi connectivity index (χ3v) is 9.59. The van der Waals surface area contributed by atoms with Crippen LogP contribution >= 0.6 is 13.6 Å². The van der Waals surface area contributed by atoms with E-state index in [-0.39, 0.29) is 5.04 Å². The summed E-state index contributed by atoms with van der Waals surface area (Å²) in [6, 6.07) is 21.6. The molecule has 0 saturated carbocycles. The molecule has 0 aliphatic carbocycles. The number of hydrogen-bond acceptors (Lipinski definition) is 1. The van der Waals surface area contributed by atoms with Crippen molar-refractivity contribution in [1.29, 1.82) is 0 Å². The summed E-state index contributed by atoms with van der Waals surface area (Å²) in [4.78, 5) is 0. The molecule has 1 nitrogen and oxygen atoms in total. The molecule has 0 aromatic heterocycles. The number of allylic oxidation sites excluding steroid dienone is 1. The van der Waals surface area contributed by atoms with Crippen molar-refractivity contribution in [3.63, 3.8) is 0 Å². The summed E-state index contributed by atoms with van der Waals surface area (Å²) >= 11 is 4.25. The van der Waals surface area contributed by atoms with E-state index in [0.717, 1.165) is 13.0 Å². The minimum absolute atomic E-state index is 0.0353. The van der Waals surface area contributed by atoms with Gasteiger partial charge in [0.2, 0.25) is 0 Å². The van der Waals surface area contributed by atoms with Crippen LogP contribution in [0.4, 0.5) is 0 Å². The van der Waals surface area contributed by atoms with E-state index in [2.05, 4.69) is 121 Å². The van der Waals surface area contributed by atoms with E-state index in [0.29, 0.717) is 5.92 Å². The molecule has 4 heteroatoms. The predicted octanol–water partition coefficient (Wildman–Crippen LogP) is 5.81. The average Bonchev–Trinajstić information content (AvgIpc) is 2.69. The first kappa shape index (κ1) is 24.5. The zero-order valence-electron chi connectivity index (χ0n) is 17.3. The average molecular weight is 497 g/mol. The Kier molecular flexibility index (Phi) is 11.0. The Morgan fingerprint density at radius 1 is 1.00 bits per heavy atom. The topological polar surface area (TPSA) is 9.23 Å². The van der Waals surface area contributed by atoms with Gasteiger partial charge < -0.3 is 10.5 Å². The van der Waals surface area contributed by atoms with Gasteiger partial charge in [0.05, 0.1) is 0 Å². The standard InChI is InChI=1S/C23H31OSi.BrH.Zn/c1-6-7-14-20(2)19-24-25(23(3,4)5,21-15-10-8-11-16-21)22-17-12-9-13-18-22;;/h8-18,20H,6,19H2,1-5H3;1H;/q-1;;+2/p-1/t20-;;/m0../s1. The number of hydrogen-bond donors (Lipinski definition) is 0. The van der Waals surface area contributed by atoms with Gasteiger partial charge in [-0.05, 0) is 21.3 Å². The van der Waals surface area contributed by atoms with Gasteiger partial charge in [0.15, 0.2) is 0 Å². The van der Waals surface area contributed by atoms with E-state index in [9.17, 15) is 0 Å². The quantitative estimate of drug-likeness (QED) is 0.347. The Balaban J connectivity index is 0.00000176. The zero-order valence-corrected chi connectivity index (χ0v) is 22.9. The van der Waals surface area contributed by atoms with Crippen LogP contribution in [0.3, 0.4) is 0 Å². The minimum atomic E-state index is -2.40. The fourth-order valence-electron chi connectivity index (χ4n) is 3.39. The van der Waals surface area contributed by atoms with E-state index in [1.54, 1.807) is 0 Å². The third-order valence-electron chi connectivity index (χ3n) is 4.59. The fraction of sp³-hybridized carbons (Fsp3) is 0.391. The molecule has 0 fully saturated rings. The van der Waals surface area contributed by atoms with Gasteiger partial charge in [0.25, 0.3) is 8.32 Å². The Bertz CT molecular complexity index is 628. The molecule has 0 spiro atoms. The molecule has 0 bridgehead atoms. The van der Waals surface area contributed by atoms with Gasteiger partial charge in [-0.1, -0.05) is 95.3 Å². The van der Waals surface area contributed by atoms with Gasteiger partial charge in [-0.2, -0.15) is 6.42 Å². The predicted molar refractivity (Wildman–Crippen MR) is 120 cm³/mol. The Labute approximate surface area is 183 Å². The van der Waals surface area contributed by atoms with E-state index in [1.807, 2.05) is 0 Å². The Hall–Kier alpha value is -0.540. The Morgan fingerprint density at radius 2 is 1.44 bits per heavy atom. The van der Waals surface area contributed by atoms with Crippen molar-refractivity contribution < 1.29 is 20.8 Å². The maximum absolute atomic E-state index is 6.89. The molecule has 1 atom stereocenters. The van der Waals surface area contributed by atoms with E-state index in [4.69, 9.17) is 4.43 Å². The van der Waals surface area contributed by atoms with Crippen LogP contribution in [0.25, 0.3) is 0 Å². The van der Waals surface area contributed by atoms with Crippen LogP contribution in [0, 0.1) is 12.0 Å². The van der Waals surface area contributed by atoms with Gasteiger partial charge in [0.1, 0.15) is 0 Å².